The van der Waals surface area contributed by atoms with E-state index < -0.39 is 0 Å². The summed E-state index contributed by atoms with van der Waals surface area (Å²) >= 11 is 12.1. The summed E-state index contributed by atoms with van der Waals surface area (Å²) in [5.74, 6) is 0.515. The van der Waals surface area contributed by atoms with E-state index in [4.69, 9.17) is 27.9 Å². The van der Waals surface area contributed by atoms with Gasteiger partial charge < -0.3 is 9.64 Å². The molecule has 1 aromatic rings. The first-order valence-electron chi connectivity index (χ1n) is 6.94. The van der Waals surface area contributed by atoms with E-state index in [9.17, 15) is 4.79 Å². The summed E-state index contributed by atoms with van der Waals surface area (Å²) in [4.78, 5) is 14.3. The van der Waals surface area contributed by atoms with Crippen LogP contribution in [0.4, 0.5) is 0 Å². The van der Waals surface area contributed by atoms with E-state index >= 15 is 0 Å². The van der Waals surface area contributed by atoms with Crippen LogP contribution in [0.5, 0.6) is 0 Å². The van der Waals surface area contributed by atoms with Gasteiger partial charge in [-0.3, -0.25) is 4.79 Å². The van der Waals surface area contributed by atoms with Gasteiger partial charge in [-0.05, 0) is 37.8 Å². The predicted octanol–water partition coefficient (Wildman–Crippen LogP) is 3.88. The van der Waals surface area contributed by atoms with Crippen LogP contribution in [0.3, 0.4) is 0 Å². The van der Waals surface area contributed by atoms with E-state index in [0.29, 0.717) is 21.5 Å². The summed E-state index contributed by atoms with van der Waals surface area (Å²) in [6.07, 6.45) is 1.95. The van der Waals surface area contributed by atoms with Gasteiger partial charge in [-0.15, -0.1) is 0 Å². The molecule has 0 aromatic heterocycles. The number of hydrogen-bond acceptors (Lipinski definition) is 2. The van der Waals surface area contributed by atoms with Gasteiger partial charge in [0, 0.05) is 26.3 Å². The minimum absolute atomic E-state index is 0.0349. The Morgan fingerprint density at radius 2 is 2.05 bits per heavy atom. The summed E-state index contributed by atoms with van der Waals surface area (Å²) in [6, 6.07) is 5.17. The highest BCUT2D eigenvalue weighted by atomic mass is 35.5. The molecule has 20 heavy (non-hydrogen) atoms. The van der Waals surface area contributed by atoms with Crippen molar-refractivity contribution in [1.82, 2.24) is 4.90 Å². The molecule has 1 amide bonds. The fraction of sp³-hybridized carbons (Fsp3) is 0.533. The third-order valence-corrected chi connectivity index (χ3v) is 4.46. The summed E-state index contributed by atoms with van der Waals surface area (Å²) in [5.41, 5.74) is 0.488. The largest absolute Gasteiger partial charge is 0.381 e. The van der Waals surface area contributed by atoms with Gasteiger partial charge in [0.15, 0.2) is 0 Å². The molecule has 1 aliphatic rings. The number of ether oxygens (including phenoxy) is 1. The molecule has 0 saturated carbocycles. The lowest BCUT2D eigenvalue weighted by atomic mass is 9.97. The quantitative estimate of drug-likeness (QED) is 0.843. The molecule has 1 aromatic carbocycles. The number of carbonyl (C=O) groups is 1. The second-order valence-electron chi connectivity index (χ2n) is 5.00. The molecule has 0 atom stereocenters. The minimum atomic E-state index is -0.0349. The molecule has 0 N–H and O–H groups in total. The van der Waals surface area contributed by atoms with Crippen molar-refractivity contribution in [2.45, 2.75) is 19.8 Å². The average molecular weight is 316 g/mol. The number of likely N-dealkylation sites (tertiary alicyclic amines) is 1. The normalized spacial score (nSPS) is 16.4. The second-order valence-corrected chi connectivity index (χ2v) is 5.78. The van der Waals surface area contributed by atoms with E-state index in [1.54, 1.807) is 18.2 Å². The molecule has 0 radical (unpaired) electrons. The Bertz CT molecular complexity index is 471. The zero-order chi connectivity index (χ0) is 14.5. The molecular formula is C15H19Cl2NO2. The highest BCUT2D eigenvalue weighted by Gasteiger charge is 2.25. The SMILES string of the molecule is CCOCC1CCN(C(=O)c2cccc(Cl)c2Cl)CC1. The summed E-state index contributed by atoms with van der Waals surface area (Å²) in [5, 5.41) is 0.763. The Morgan fingerprint density at radius 3 is 2.70 bits per heavy atom. The van der Waals surface area contributed by atoms with Gasteiger partial charge in [-0.1, -0.05) is 29.3 Å². The molecule has 0 unspecified atom stereocenters. The summed E-state index contributed by atoms with van der Waals surface area (Å²) in [6.45, 7) is 5.03. The van der Waals surface area contributed by atoms with Gasteiger partial charge >= 0.3 is 0 Å². The molecule has 1 aliphatic heterocycles. The van der Waals surface area contributed by atoms with Crippen LogP contribution in [0.1, 0.15) is 30.1 Å². The van der Waals surface area contributed by atoms with Crippen molar-refractivity contribution in [3.8, 4) is 0 Å². The lowest BCUT2D eigenvalue weighted by Crippen LogP contribution is -2.39. The van der Waals surface area contributed by atoms with Crippen molar-refractivity contribution < 1.29 is 9.53 Å². The maximum Gasteiger partial charge on any atom is 0.255 e. The lowest BCUT2D eigenvalue weighted by molar-refractivity contribution is 0.0551. The number of nitrogens with zero attached hydrogens (tertiary/aromatic N) is 1. The van der Waals surface area contributed by atoms with Crippen LogP contribution in [0.15, 0.2) is 18.2 Å². The van der Waals surface area contributed by atoms with Crippen LogP contribution in [-0.2, 0) is 4.74 Å². The molecule has 0 aliphatic carbocycles. The molecule has 1 heterocycles. The Kier molecular flexibility index (Phi) is 5.70. The van der Waals surface area contributed by atoms with Crippen LogP contribution >= 0.6 is 23.2 Å². The van der Waals surface area contributed by atoms with Gasteiger partial charge in [0.25, 0.3) is 5.91 Å². The van der Waals surface area contributed by atoms with E-state index in [-0.39, 0.29) is 5.91 Å². The zero-order valence-corrected chi connectivity index (χ0v) is 13.1. The second kappa shape index (κ2) is 7.30. The number of amides is 1. The fourth-order valence-corrected chi connectivity index (χ4v) is 2.81. The van der Waals surface area contributed by atoms with Crippen LogP contribution in [0, 0.1) is 5.92 Å². The zero-order valence-electron chi connectivity index (χ0n) is 11.6. The topological polar surface area (TPSA) is 29.5 Å². The molecule has 1 saturated heterocycles. The molecule has 110 valence electrons. The van der Waals surface area contributed by atoms with Gasteiger partial charge in [0.1, 0.15) is 0 Å². The van der Waals surface area contributed by atoms with Crippen molar-refractivity contribution in [1.29, 1.82) is 0 Å². The number of halogens is 2. The van der Waals surface area contributed by atoms with Gasteiger partial charge in [-0.2, -0.15) is 0 Å². The Morgan fingerprint density at radius 1 is 1.35 bits per heavy atom. The fourth-order valence-electron chi connectivity index (χ4n) is 2.43. The molecule has 0 bridgehead atoms. The average Bonchev–Trinajstić information content (AvgIpc) is 2.48. The van der Waals surface area contributed by atoms with Gasteiger partial charge in [-0.25, -0.2) is 0 Å². The predicted molar refractivity (Wildman–Crippen MR) is 81.6 cm³/mol. The van der Waals surface area contributed by atoms with Crippen LogP contribution in [-0.4, -0.2) is 37.1 Å². The minimum Gasteiger partial charge on any atom is -0.381 e. The Hall–Kier alpha value is -0.770. The molecular weight excluding hydrogens is 297 g/mol. The first kappa shape index (κ1) is 15.6. The number of hydrogen-bond donors (Lipinski definition) is 0. The first-order chi connectivity index (χ1) is 9.63. The van der Waals surface area contributed by atoms with Gasteiger partial charge in [0.05, 0.1) is 15.6 Å². The monoisotopic (exact) mass is 315 g/mol. The maximum absolute atomic E-state index is 12.4. The first-order valence-corrected chi connectivity index (χ1v) is 7.70. The number of rotatable bonds is 4. The molecule has 0 spiro atoms. The van der Waals surface area contributed by atoms with Crippen molar-refractivity contribution in [3.63, 3.8) is 0 Å². The summed E-state index contributed by atoms with van der Waals surface area (Å²) in [7, 11) is 0. The third kappa shape index (κ3) is 3.66. The van der Waals surface area contributed by atoms with E-state index in [0.717, 1.165) is 39.1 Å². The smallest absolute Gasteiger partial charge is 0.255 e. The van der Waals surface area contributed by atoms with E-state index in [1.807, 2.05) is 11.8 Å². The third-order valence-electron chi connectivity index (χ3n) is 3.64. The molecule has 3 nitrogen and oxygen atoms in total. The van der Waals surface area contributed by atoms with E-state index in [1.165, 1.54) is 0 Å². The van der Waals surface area contributed by atoms with E-state index in [2.05, 4.69) is 0 Å². The molecule has 2 rings (SSSR count). The van der Waals surface area contributed by atoms with Crippen molar-refractivity contribution >= 4 is 29.1 Å². The summed E-state index contributed by atoms with van der Waals surface area (Å²) < 4.78 is 5.45. The van der Waals surface area contributed by atoms with Crippen molar-refractivity contribution in [3.05, 3.63) is 33.8 Å². The number of benzene rings is 1. The number of piperidine rings is 1. The van der Waals surface area contributed by atoms with Crippen LogP contribution in [0.2, 0.25) is 10.0 Å². The van der Waals surface area contributed by atoms with Crippen LogP contribution in [0.25, 0.3) is 0 Å². The standard InChI is InChI=1S/C15H19Cl2NO2/c1-2-20-10-11-6-8-18(9-7-11)15(19)12-4-3-5-13(16)14(12)17/h3-5,11H,2,6-10H2,1H3. The Balaban J connectivity index is 1.96. The van der Waals surface area contributed by atoms with Crippen LogP contribution < -0.4 is 0 Å². The lowest BCUT2D eigenvalue weighted by Gasteiger charge is -2.32. The number of carbonyl (C=O) groups excluding carboxylic acids is 1. The van der Waals surface area contributed by atoms with Crippen molar-refractivity contribution in [2.75, 3.05) is 26.3 Å². The maximum atomic E-state index is 12.4. The highest BCUT2D eigenvalue weighted by molar-refractivity contribution is 6.43. The van der Waals surface area contributed by atoms with Gasteiger partial charge in [0.2, 0.25) is 0 Å². The Labute approximate surface area is 129 Å². The van der Waals surface area contributed by atoms with Crippen molar-refractivity contribution in [2.24, 2.45) is 5.92 Å². The highest BCUT2D eigenvalue weighted by Crippen LogP contribution is 2.28. The molecule has 1 fully saturated rings. The molecule has 5 heteroatoms.